The van der Waals surface area contributed by atoms with Crippen LogP contribution in [0.4, 0.5) is 5.82 Å². The quantitative estimate of drug-likeness (QED) is 0.558. The number of carbonyl (C=O) groups excluding carboxylic acids is 1. The molecule has 4 rings (SSSR count). The van der Waals surface area contributed by atoms with Crippen molar-refractivity contribution in [2.45, 2.75) is 27.7 Å². The summed E-state index contributed by atoms with van der Waals surface area (Å²) in [5, 5.41) is 8.66. The molecule has 0 bridgehead atoms. The summed E-state index contributed by atoms with van der Waals surface area (Å²) in [5.41, 5.74) is 5.64. The number of nitrogens with zero attached hydrogens (tertiary/aromatic N) is 3. The number of pyridine rings is 1. The van der Waals surface area contributed by atoms with E-state index in [1.165, 1.54) is 0 Å². The Kier molecular flexibility index (Phi) is 4.43. The molecule has 0 fully saturated rings. The van der Waals surface area contributed by atoms with Crippen LogP contribution in [0.5, 0.6) is 0 Å². The van der Waals surface area contributed by atoms with E-state index in [1.807, 2.05) is 63.2 Å². The maximum atomic E-state index is 12.7. The van der Waals surface area contributed by atoms with Crippen molar-refractivity contribution >= 4 is 22.6 Å². The normalized spacial score (nSPS) is 11.0. The number of para-hydroxylation sites is 1. The van der Waals surface area contributed by atoms with Gasteiger partial charge in [-0.25, -0.2) is 4.98 Å². The highest BCUT2D eigenvalue weighted by molar-refractivity contribution is 6.04. The first-order valence-corrected chi connectivity index (χ1v) is 9.24. The first-order chi connectivity index (χ1) is 13.4. The van der Waals surface area contributed by atoms with E-state index >= 15 is 0 Å². The second kappa shape index (κ2) is 6.93. The van der Waals surface area contributed by atoms with E-state index in [0.717, 1.165) is 33.3 Å². The molecule has 1 amide bonds. The van der Waals surface area contributed by atoms with Crippen LogP contribution < -0.4 is 5.32 Å². The number of fused-ring (bicyclic) bond motifs is 1. The molecule has 0 aliphatic heterocycles. The number of rotatable bonds is 3. The van der Waals surface area contributed by atoms with Gasteiger partial charge in [0.15, 0.2) is 5.82 Å². The summed E-state index contributed by atoms with van der Waals surface area (Å²) in [6.07, 6.45) is 0. The van der Waals surface area contributed by atoms with Gasteiger partial charge in [0.1, 0.15) is 5.82 Å². The number of aromatic nitrogens is 3. The Morgan fingerprint density at radius 2 is 1.71 bits per heavy atom. The molecular weight excluding hydrogens is 348 g/mol. The average Bonchev–Trinajstić information content (AvgIpc) is 3.02. The third-order valence-corrected chi connectivity index (χ3v) is 4.80. The monoisotopic (exact) mass is 370 g/mol. The van der Waals surface area contributed by atoms with Gasteiger partial charge in [0.2, 0.25) is 0 Å². The van der Waals surface area contributed by atoms with Crippen molar-refractivity contribution in [1.29, 1.82) is 0 Å². The van der Waals surface area contributed by atoms with Crippen molar-refractivity contribution in [2.24, 2.45) is 0 Å². The minimum Gasteiger partial charge on any atom is -0.306 e. The lowest BCUT2D eigenvalue weighted by Crippen LogP contribution is -2.15. The Morgan fingerprint density at radius 3 is 2.50 bits per heavy atom. The van der Waals surface area contributed by atoms with E-state index < -0.39 is 0 Å². The molecule has 2 aromatic heterocycles. The molecule has 0 spiro atoms. The lowest BCUT2D eigenvalue weighted by Gasteiger charge is -2.12. The summed E-state index contributed by atoms with van der Waals surface area (Å²) in [4.78, 5) is 17.5. The van der Waals surface area contributed by atoms with E-state index in [0.29, 0.717) is 17.2 Å². The van der Waals surface area contributed by atoms with Gasteiger partial charge in [-0.05, 0) is 57.0 Å². The molecule has 140 valence electrons. The summed E-state index contributed by atoms with van der Waals surface area (Å²) in [6.45, 7) is 7.98. The number of aryl methyl sites for hydroxylation is 4. The van der Waals surface area contributed by atoms with Gasteiger partial charge in [-0.15, -0.1) is 0 Å². The number of carbonyl (C=O) groups is 1. The number of benzene rings is 2. The standard InChI is InChI=1S/C23H22N4O/c1-14-7-5-9-18(11-14)23(28)25-21-13-17(4)26-27(21)20-12-16(3)19-10-6-8-15(2)22(19)24-20/h5-13H,1-4H3,(H,25,28). The van der Waals surface area contributed by atoms with E-state index in [9.17, 15) is 4.79 Å². The van der Waals surface area contributed by atoms with Crippen molar-refractivity contribution in [3.8, 4) is 5.82 Å². The molecule has 28 heavy (non-hydrogen) atoms. The number of nitrogens with one attached hydrogen (secondary N) is 1. The van der Waals surface area contributed by atoms with Gasteiger partial charge < -0.3 is 5.32 Å². The molecule has 2 heterocycles. The van der Waals surface area contributed by atoms with E-state index in [-0.39, 0.29) is 5.91 Å². The molecule has 2 aromatic carbocycles. The van der Waals surface area contributed by atoms with Crippen molar-refractivity contribution in [2.75, 3.05) is 5.32 Å². The highest BCUT2D eigenvalue weighted by atomic mass is 16.1. The Labute approximate surface area is 164 Å². The number of hydrogen-bond donors (Lipinski definition) is 1. The highest BCUT2D eigenvalue weighted by Gasteiger charge is 2.15. The molecule has 4 aromatic rings. The lowest BCUT2D eigenvalue weighted by atomic mass is 10.1. The molecule has 0 atom stereocenters. The second-order valence-electron chi connectivity index (χ2n) is 7.17. The minimum atomic E-state index is -0.168. The first-order valence-electron chi connectivity index (χ1n) is 9.24. The molecule has 5 heteroatoms. The van der Waals surface area contributed by atoms with Crippen LogP contribution in [0.2, 0.25) is 0 Å². The fourth-order valence-corrected chi connectivity index (χ4v) is 3.39. The maximum Gasteiger partial charge on any atom is 0.256 e. The number of anilines is 1. The maximum absolute atomic E-state index is 12.7. The summed E-state index contributed by atoms with van der Waals surface area (Å²) in [7, 11) is 0. The fourth-order valence-electron chi connectivity index (χ4n) is 3.39. The summed E-state index contributed by atoms with van der Waals surface area (Å²) < 4.78 is 1.70. The molecule has 5 nitrogen and oxygen atoms in total. The SMILES string of the molecule is Cc1cccc(C(=O)Nc2cc(C)nn2-c2cc(C)c3cccc(C)c3n2)c1. The van der Waals surface area contributed by atoms with Gasteiger partial charge in [0.25, 0.3) is 5.91 Å². The predicted octanol–water partition coefficient (Wildman–Crippen LogP) is 4.91. The van der Waals surface area contributed by atoms with Gasteiger partial charge in [-0.1, -0.05) is 35.9 Å². The molecule has 0 radical (unpaired) electrons. The van der Waals surface area contributed by atoms with Crippen LogP contribution in [0.15, 0.2) is 54.6 Å². The number of amides is 1. The van der Waals surface area contributed by atoms with Gasteiger partial charge in [0, 0.05) is 17.0 Å². The molecular formula is C23H22N4O. The Morgan fingerprint density at radius 1 is 0.929 bits per heavy atom. The van der Waals surface area contributed by atoms with E-state index in [4.69, 9.17) is 4.98 Å². The molecule has 0 unspecified atom stereocenters. The zero-order chi connectivity index (χ0) is 19.8. The average molecular weight is 370 g/mol. The summed E-state index contributed by atoms with van der Waals surface area (Å²) in [5.74, 6) is 1.12. The first kappa shape index (κ1) is 17.9. The van der Waals surface area contributed by atoms with Crippen LogP contribution >= 0.6 is 0 Å². The third-order valence-electron chi connectivity index (χ3n) is 4.80. The topological polar surface area (TPSA) is 59.8 Å². The van der Waals surface area contributed by atoms with Crippen molar-refractivity contribution < 1.29 is 4.79 Å². The van der Waals surface area contributed by atoms with Crippen LogP contribution in [0.3, 0.4) is 0 Å². The number of hydrogen-bond acceptors (Lipinski definition) is 3. The van der Waals surface area contributed by atoms with Crippen LogP contribution in [0, 0.1) is 27.7 Å². The fraction of sp³-hybridized carbons (Fsp3) is 0.174. The smallest absolute Gasteiger partial charge is 0.256 e. The molecule has 0 aliphatic rings. The Hall–Kier alpha value is -3.47. The highest BCUT2D eigenvalue weighted by Crippen LogP contribution is 2.24. The largest absolute Gasteiger partial charge is 0.306 e. The van der Waals surface area contributed by atoms with E-state index in [1.54, 1.807) is 10.7 Å². The molecule has 0 saturated carbocycles. The molecule has 0 saturated heterocycles. The third kappa shape index (κ3) is 3.27. The van der Waals surface area contributed by atoms with Gasteiger partial charge in [-0.3, -0.25) is 4.79 Å². The van der Waals surface area contributed by atoms with Crippen LogP contribution in [-0.2, 0) is 0 Å². The second-order valence-corrected chi connectivity index (χ2v) is 7.17. The molecule has 1 N–H and O–H groups in total. The van der Waals surface area contributed by atoms with E-state index in [2.05, 4.69) is 23.4 Å². The lowest BCUT2D eigenvalue weighted by molar-refractivity contribution is 0.102. The van der Waals surface area contributed by atoms with Crippen LogP contribution in [0.25, 0.3) is 16.7 Å². The molecule has 0 aliphatic carbocycles. The summed E-state index contributed by atoms with van der Waals surface area (Å²) in [6, 6.07) is 17.5. The van der Waals surface area contributed by atoms with Crippen LogP contribution in [0.1, 0.15) is 32.7 Å². The van der Waals surface area contributed by atoms with Gasteiger partial charge >= 0.3 is 0 Å². The van der Waals surface area contributed by atoms with Gasteiger partial charge in [0.05, 0.1) is 11.2 Å². The Bertz CT molecular complexity index is 1210. The van der Waals surface area contributed by atoms with Crippen molar-refractivity contribution in [3.05, 3.63) is 82.5 Å². The van der Waals surface area contributed by atoms with Crippen molar-refractivity contribution in [3.63, 3.8) is 0 Å². The Balaban J connectivity index is 1.77. The van der Waals surface area contributed by atoms with Gasteiger partial charge in [-0.2, -0.15) is 9.78 Å². The zero-order valence-corrected chi connectivity index (χ0v) is 16.4. The van der Waals surface area contributed by atoms with Crippen LogP contribution in [-0.4, -0.2) is 20.7 Å². The predicted molar refractivity (Wildman–Crippen MR) is 112 cm³/mol. The zero-order valence-electron chi connectivity index (χ0n) is 16.4. The summed E-state index contributed by atoms with van der Waals surface area (Å²) >= 11 is 0. The van der Waals surface area contributed by atoms with Crippen molar-refractivity contribution in [1.82, 2.24) is 14.8 Å². The minimum absolute atomic E-state index is 0.168.